The van der Waals surface area contributed by atoms with E-state index >= 15 is 0 Å². The molecule has 0 fully saturated rings. The van der Waals surface area contributed by atoms with Gasteiger partial charge in [0.2, 0.25) is 0 Å². The van der Waals surface area contributed by atoms with E-state index in [1.54, 1.807) is 12.1 Å². The monoisotopic (exact) mass is 297 g/mol. The van der Waals surface area contributed by atoms with E-state index in [4.69, 9.17) is 6.42 Å². The van der Waals surface area contributed by atoms with Crippen LogP contribution in [0.3, 0.4) is 0 Å². The zero-order chi connectivity index (χ0) is 12.8. The van der Waals surface area contributed by atoms with Crippen molar-refractivity contribution in [2.75, 3.05) is 0 Å². The van der Waals surface area contributed by atoms with Crippen molar-refractivity contribution >= 4 is 15.9 Å². The minimum atomic E-state index is -0.247. The molecule has 2 unspecified atom stereocenters. The van der Waals surface area contributed by atoms with E-state index in [9.17, 15) is 4.39 Å². The van der Waals surface area contributed by atoms with Crippen LogP contribution in [0.4, 0.5) is 4.39 Å². The molecule has 1 N–H and O–H groups in total. The van der Waals surface area contributed by atoms with Crippen molar-refractivity contribution in [3.8, 4) is 12.3 Å². The van der Waals surface area contributed by atoms with E-state index in [2.05, 4.69) is 34.1 Å². The Labute approximate surface area is 111 Å². The van der Waals surface area contributed by atoms with E-state index in [0.29, 0.717) is 4.47 Å². The molecule has 0 aliphatic rings. The second-order valence-corrected chi connectivity index (χ2v) is 4.92. The average molecular weight is 298 g/mol. The largest absolute Gasteiger partial charge is 0.297 e. The van der Waals surface area contributed by atoms with Gasteiger partial charge in [0.05, 0.1) is 10.5 Å². The van der Waals surface area contributed by atoms with Gasteiger partial charge in [-0.3, -0.25) is 5.32 Å². The number of benzene rings is 1. The predicted octanol–water partition coefficient (Wildman–Crippen LogP) is 4.04. The number of hydrogen-bond donors (Lipinski definition) is 1. The molecule has 0 heterocycles. The molecule has 92 valence electrons. The molecule has 0 aliphatic carbocycles. The Kier molecular flexibility index (Phi) is 5.67. The second-order valence-electron chi connectivity index (χ2n) is 4.07. The van der Waals surface area contributed by atoms with Gasteiger partial charge in [-0.25, -0.2) is 4.39 Å². The van der Waals surface area contributed by atoms with E-state index in [0.717, 1.165) is 18.4 Å². The highest BCUT2D eigenvalue weighted by atomic mass is 79.9. The predicted molar refractivity (Wildman–Crippen MR) is 73.2 cm³/mol. The Bertz CT molecular complexity index is 411. The Hall–Kier alpha value is -0.850. The average Bonchev–Trinajstić information content (AvgIpc) is 2.31. The first-order valence-corrected chi connectivity index (χ1v) is 6.55. The first kappa shape index (κ1) is 14.2. The summed E-state index contributed by atoms with van der Waals surface area (Å²) in [4.78, 5) is 0. The number of halogens is 2. The van der Waals surface area contributed by atoms with Crippen LogP contribution in [0.1, 0.15) is 38.3 Å². The summed E-state index contributed by atoms with van der Waals surface area (Å²) < 4.78 is 13.6. The van der Waals surface area contributed by atoms with Gasteiger partial charge in [-0.1, -0.05) is 25.3 Å². The normalized spacial score (nSPS) is 14.1. The van der Waals surface area contributed by atoms with E-state index in [1.165, 1.54) is 6.07 Å². The Morgan fingerprint density at radius 2 is 2.24 bits per heavy atom. The molecule has 17 heavy (non-hydrogen) atoms. The van der Waals surface area contributed by atoms with Gasteiger partial charge in [-0.05, 0) is 47.0 Å². The minimum Gasteiger partial charge on any atom is -0.297 e. The lowest BCUT2D eigenvalue weighted by atomic mass is 10.1. The van der Waals surface area contributed by atoms with Crippen LogP contribution in [-0.4, -0.2) is 6.04 Å². The first-order valence-electron chi connectivity index (χ1n) is 5.75. The molecule has 0 saturated carbocycles. The van der Waals surface area contributed by atoms with Crippen molar-refractivity contribution in [2.45, 2.75) is 38.8 Å². The topological polar surface area (TPSA) is 12.0 Å². The van der Waals surface area contributed by atoms with Gasteiger partial charge in [0.25, 0.3) is 0 Å². The number of hydrogen-bond acceptors (Lipinski definition) is 1. The smallest absolute Gasteiger partial charge is 0.137 e. The molecule has 1 aromatic rings. The molecule has 0 radical (unpaired) electrons. The summed E-state index contributed by atoms with van der Waals surface area (Å²) in [6, 6.07) is 5.20. The first-order chi connectivity index (χ1) is 8.08. The summed E-state index contributed by atoms with van der Waals surface area (Å²) in [5, 5.41) is 3.35. The molecule has 1 aromatic carbocycles. The van der Waals surface area contributed by atoms with Crippen LogP contribution in [0.5, 0.6) is 0 Å². The molecule has 0 amide bonds. The number of rotatable bonds is 5. The number of terminal acetylenes is 1. The summed E-state index contributed by atoms with van der Waals surface area (Å²) in [6.07, 6.45) is 7.45. The van der Waals surface area contributed by atoms with Crippen LogP contribution in [0, 0.1) is 18.2 Å². The highest BCUT2D eigenvalue weighted by molar-refractivity contribution is 9.10. The fraction of sp³-hybridized carbons (Fsp3) is 0.429. The molecular formula is C14H17BrFN. The SMILES string of the molecule is C#CC(CCC)NC(C)c1ccc(F)c(Br)c1. The summed E-state index contributed by atoms with van der Waals surface area (Å²) in [5.41, 5.74) is 1.02. The molecule has 0 bridgehead atoms. The van der Waals surface area contributed by atoms with Gasteiger partial charge in [0, 0.05) is 6.04 Å². The highest BCUT2D eigenvalue weighted by Gasteiger charge is 2.11. The van der Waals surface area contributed by atoms with Gasteiger partial charge in [-0.15, -0.1) is 6.42 Å². The standard InChI is InChI=1S/C14H17BrFN/c1-4-6-12(5-2)17-10(3)11-7-8-14(16)13(15)9-11/h2,7-10,12,17H,4,6H2,1,3H3. The summed E-state index contributed by atoms with van der Waals surface area (Å²) in [6.45, 7) is 4.13. The fourth-order valence-electron chi connectivity index (χ4n) is 1.68. The Balaban J connectivity index is 2.72. The van der Waals surface area contributed by atoms with Crippen molar-refractivity contribution in [3.05, 3.63) is 34.1 Å². The Morgan fingerprint density at radius 1 is 1.53 bits per heavy atom. The minimum absolute atomic E-state index is 0.0684. The molecule has 3 heteroatoms. The van der Waals surface area contributed by atoms with Crippen LogP contribution >= 0.6 is 15.9 Å². The van der Waals surface area contributed by atoms with Gasteiger partial charge < -0.3 is 0 Å². The molecule has 1 nitrogen and oxygen atoms in total. The van der Waals surface area contributed by atoms with E-state index in [-0.39, 0.29) is 17.9 Å². The van der Waals surface area contributed by atoms with Gasteiger partial charge in [0.15, 0.2) is 0 Å². The molecule has 2 atom stereocenters. The van der Waals surface area contributed by atoms with Crippen LogP contribution in [0.15, 0.2) is 22.7 Å². The van der Waals surface area contributed by atoms with Crippen molar-refractivity contribution in [1.82, 2.24) is 5.32 Å². The fourth-order valence-corrected chi connectivity index (χ4v) is 2.08. The second kappa shape index (κ2) is 6.78. The third-order valence-electron chi connectivity index (χ3n) is 2.67. The Morgan fingerprint density at radius 3 is 2.76 bits per heavy atom. The lowest BCUT2D eigenvalue weighted by Gasteiger charge is -2.19. The van der Waals surface area contributed by atoms with E-state index < -0.39 is 0 Å². The van der Waals surface area contributed by atoms with Crippen molar-refractivity contribution in [2.24, 2.45) is 0 Å². The van der Waals surface area contributed by atoms with Gasteiger partial charge >= 0.3 is 0 Å². The third kappa shape index (κ3) is 4.14. The molecular weight excluding hydrogens is 281 g/mol. The lowest BCUT2D eigenvalue weighted by Crippen LogP contribution is -2.30. The third-order valence-corrected chi connectivity index (χ3v) is 3.28. The number of nitrogens with one attached hydrogen (secondary N) is 1. The van der Waals surface area contributed by atoms with E-state index in [1.807, 2.05) is 6.92 Å². The summed E-state index contributed by atoms with van der Waals surface area (Å²) in [7, 11) is 0. The van der Waals surface area contributed by atoms with Crippen LogP contribution in [0.2, 0.25) is 0 Å². The maximum absolute atomic E-state index is 13.1. The summed E-state index contributed by atoms with van der Waals surface area (Å²) in [5.74, 6) is 2.49. The van der Waals surface area contributed by atoms with Crippen LogP contribution < -0.4 is 5.32 Å². The van der Waals surface area contributed by atoms with Gasteiger partial charge in [0.1, 0.15) is 5.82 Å². The maximum atomic E-state index is 13.1. The van der Waals surface area contributed by atoms with Crippen molar-refractivity contribution in [1.29, 1.82) is 0 Å². The summed E-state index contributed by atoms with van der Waals surface area (Å²) >= 11 is 3.19. The van der Waals surface area contributed by atoms with Crippen molar-refractivity contribution in [3.63, 3.8) is 0 Å². The van der Waals surface area contributed by atoms with Crippen LogP contribution in [-0.2, 0) is 0 Å². The highest BCUT2D eigenvalue weighted by Crippen LogP contribution is 2.21. The molecule has 1 rings (SSSR count). The zero-order valence-electron chi connectivity index (χ0n) is 10.1. The van der Waals surface area contributed by atoms with Gasteiger partial charge in [-0.2, -0.15) is 0 Å². The quantitative estimate of drug-likeness (QED) is 0.809. The maximum Gasteiger partial charge on any atom is 0.137 e. The van der Waals surface area contributed by atoms with Crippen LogP contribution in [0.25, 0.3) is 0 Å². The zero-order valence-corrected chi connectivity index (χ0v) is 11.7. The molecule has 0 saturated heterocycles. The van der Waals surface area contributed by atoms with Crippen molar-refractivity contribution < 1.29 is 4.39 Å². The lowest BCUT2D eigenvalue weighted by molar-refractivity contribution is 0.494. The molecule has 0 spiro atoms. The molecule has 0 aromatic heterocycles. The molecule has 0 aliphatic heterocycles.